The third-order valence-electron chi connectivity index (χ3n) is 3.88. The number of amides is 2. The zero-order valence-corrected chi connectivity index (χ0v) is 15.3. The first-order valence-corrected chi connectivity index (χ1v) is 8.47. The molecule has 2 N–H and O–H groups in total. The summed E-state index contributed by atoms with van der Waals surface area (Å²) in [4.78, 5) is 26.4. The van der Waals surface area contributed by atoms with Crippen molar-refractivity contribution in [2.24, 2.45) is 0 Å². The number of hydrogen-bond donors (Lipinski definition) is 2. The minimum absolute atomic E-state index is 0.0981. The van der Waals surface area contributed by atoms with Crippen molar-refractivity contribution in [1.82, 2.24) is 5.32 Å². The first kappa shape index (κ1) is 18.0. The van der Waals surface area contributed by atoms with E-state index in [-0.39, 0.29) is 12.1 Å². The standard InChI is InChI=1S/C18H22N2O3S/c1-10-9-15(13(4)24-10)12(3)19-18(22)20-16-8-6-7-14(11(16)2)17(21)23-5/h6-9,12H,1-5H3,(H2,19,20,22). The van der Waals surface area contributed by atoms with Gasteiger partial charge >= 0.3 is 12.0 Å². The fourth-order valence-electron chi connectivity index (χ4n) is 2.62. The average Bonchev–Trinajstić information content (AvgIpc) is 2.87. The van der Waals surface area contributed by atoms with Crippen LogP contribution >= 0.6 is 11.3 Å². The van der Waals surface area contributed by atoms with Gasteiger partial charge in [-0.2, -0.15) is 0 Å². The zero-order valence-electron chi connectivity index (χ0n) is 14.5. The number of carbonyl (C=O) groups is 2. The Balaban J connectivity index is 2.10. The summed E-state index contributed by atoms with van der Waals surface area (Å²) >= 11 is 1.72. The molecule has 0 aliphatic rings. The molecule has 1 unspecified atom stereocenters. The van der Waals surface area contributed by atoms with Crippen LogP contribution in [0.5, 0.6) is 0 Å². The Labute approximate surface area is 146 Å². The number of rotatable bonds is 4. The number of esters is 1. The molecule has 0 aliphatic carbocycles. The SMILES string of the molecule is COC(=O)c1cccc(NC(=O)NC(C)c2cc(C)sc2C)c1C. The minimum Gasteiger partial charge on any atom is -0.465 e. The van der Waals surface area contributed by atoms with Crippen LogP contribution in [0.25, 0.3) is 0 Å². The summed E-state index contributed by atoms with van der Waals surface area (Å²) < 4.78 is 4.75. The fourth-order valence-corrected chi connectivity index (χ4v) is 3.64. The third kappa shape index (κ3) is 3.94. The molecule has 24 heavy (non-hydrogen) atoms. The van der Waals surface area contributed by atoms with Gasteiger partial charge in [-0.15, -0.1) is 11.3 Å². The van der Waals surface area contributed by atoms with E-state index in [1.807, 2.05) is 13.8 Å². The summed E-state index contributed by atoms with van der Waals surface area (Å²) in [6.07, 6.45) is 0. The van der Waals surface area contributed by atoms with Gasteiger partial charge in [-0.1, -0.05) is 6.07 Å². The van der Waals surface area contributed by atoms with E-state index in [4.69, 9.17) is 4.74 Å². The molecule has 1 atom stereocenters. The van der Waals surface area contributed by atoms with Gasteiger partial charge in [-0.3, -0.25) is 0 Å². The Kier molecular flexibility index (Phi) is 5.62. The first-order valence-electron chi connectivity index (χ1n) is 7.65. The first-order chi connectivity index (χ1) is 11.3. The second-order valence-corrected chi connectivity index (χ2v) is 7.12. The Morgan fingerprint density at radius 3 is 2.50 bits per heavy atom. The number of benzene rings is 1. The molecule has 1 aromatic carbocycles. The van der Waals surface area contributed by atoms with Gasteiger partial charge in [-0.25, -0.2) is 9.59 Å². The van der Waals surface area contributed by atoms with Gasteiger partial charge in [0, 0.05) is 15.4 Å². The quantitative estimate of drug-likeness (QED) is 0.809. The van der Waals surface area contributed by atoms with Crippen molar-refractivity contribution in [3.05, 3.63) is 50.7 Å². The maximum Gasteiger partial charge on any atom is 0.338 e. The highest BCUT2D eigenvalue weighted by molar-refractivity contribution is 7.12. The molecule has 2 rings (SSSR count). The fraction of sp³-hybridized carbons (Fsp3) is 0.333. The van der Waals surface area contributed by atoms with Crippen LogP contribution in [0.15, 0.2) is 24.3 Å². The maximum absolute atomic E-state index is 12.3. The predicted molar refractivity (Wildman–Crippen MR) is 96.9 cm³/mol. The molecule has 0 saturated heterocycles. The Morgan fingerprint density at radius 1 is 1.21 bits per heavy atom. The van der Waals surface area contributed by atoms with E-state index in [1.165, 1.54) is 16.9 Å². The Bertz CT molecular complexity index is 768. The summed E-state index contributed by atoms with van der Waals surface area (Å²) in [5.41, 5.74) is 2.82. The molecular formula is C18H22N2O3S. The van der Waals surface area contributed by atoms with Crippen molar-refractivity contribution in [2.75, 3.05) is 12.4 Å². The lowest BCUT2D eigenvalue weighted by molar-refractivity contribution is 0.0600. The van der Waals surface area contributed by atoms with Crippen molar-refractivity contribution in [3.63, 3.8) is 0 Å². The molecule has 5 nitrogen and oxygen atoms in total. The topological polar surface area (TPSA) is 67.4 Å². The molecule has 0 spiro atoms. The van der Waals surface area contributed by atoms with E-state index in [0.29, 0.717) is 16.8 Å². The Hall–Kier alpha value is -2.34. The van der Waals surface area contributed by atoms with Crippen LogP contribution in [0, 0.1) is 20.8 Å². The van der Waals surface area contributed by atoms with E-state index in [9.17, 15) is 9.59 Å². The Morgan fingerprint density at radius 2 is 1.92 bits per heavy atom. The largest absolute Gasteiger partial charge is 0.465 e. The monoisotopic (exact) mass is 346 g/mol. The van der Waals surface area contributed by atoms with Gasteiger partial charge < -0.3 is 15.4 Å². The van der Waals surface area contributed by atoms with Crippen LogP contribution < -0.4 is 10.6 Å². The number of hydrogen-bond acceptors (Lipinski definition) is 4. The average molecular weight is 346 g/mol. The normalized spacial score (nSPS) is 11.7. The number of anilines is 1. The molecule has 0 saturated carbocycles. The maximum atomic E-state index is 12.3. The van der Waals surface area contributed by atoms with E-state index < -0.39 is 5.97 Å². The van der Waals surface area contributed by atoms with Crippen molar-refractivity contribution in [1.29, 1.82) is 0 Å². The van der Waals surface area contributed by atoms with Gasteiger partial charge in [0.2, 0.25) is 0 Å². The lowest BCUT2D eigenvalue weighted by atomic mass is 10.1. The van der Waals surface area contributed by atoms with E-state index in [1.54, 1.807) is 36.5 Å². The number of aryl methyl sites for hydroxylation is 2. The van der Waals surface area contributed by atoms with Gasteiger partial charge in [-0.05, 0) is 57.0 Å². The highest BCUT2D eigenvalue weighted by Crippen LogP contribution is 2.26. The smallest absolute Gasteiger partial charge is 0.338 e. The minimum atomic E-state index is -0.422. The molecule has 128 valence electrons. The van der Waals surface area contributed by atoms with Gasteiger partial charge in [0.1, 0.15) is 0 Å². The lowest BCUT2D eigenvalue weighted by Crippen LogP contribution is -2.31. The van der Waals surface area contributed by atoms with Crippen LogP contribution in [-0.4, -0.2) is 19.1 Å². The molecule has 1 aromatic heterocycles. The summed E-state index contributed by atoms with van der Waals surface area (Å²) in [6, 6.07) is 6.82. The van der Waals surface area contributed by atoms with Crippen molar-refractivity contribution in [2.45, 2.75) is 33.7 Å². The van der Waals surface area contributed by atoms with E-state index in [0.717, 1.165) is 5.56 Å². The highest BCUT2D eigenvalue weighted by Gasteiger charge is 2.16. The number of nitrogens with one attached hydrogen (secondary N) is 2. The van der Waals surface area contributed by atoms with Gasteiger partial charge in [0.05, 0.1) is 18.7 Å². The highest BCUT2D eigenvalue weighted by atomic mass is 32.1. The van der Waals surface area contributed by atoms with Gasteiger partial charge in [0.25, 0.3) is 0 Å². The van der Waals surface area contributed by atoms with Crippen LogP contribution in [0.2, 0.25) is 0 Å². The van der Waals surface area contributed by atoms with Crippen LogP contribution in [0.4, 0.5) is 10.5 Å². The van der Waals surface area contributed by atoms with Gasteiger partial charge in [0.15, 0.2) is 0 Å². The number of carbonyl (C=O) groups excluding carboxylic acids is 2. The number of thiophene rings is 1. The van der Waals surface area contributed by atoms with Crippen molar-refractivity contribution in [3.8, 4) is 0 Å². The molecule has 6 heteroatoms. The molecule has 0 bridgehead atoms. The summed E-state index contributed by atoms with van der Waals surface area (Å²) in [6.45, 7) is 7.83. The summed E-state index contributed by atoms with van der Waals surface area (Å²) in [5, 5.41) is 5.73. The third-order valence-corrected chi connectivity index (χ3v) is 4.86. The zero-order chi connectivity index (χ0) is 17.9. The second kappa shape index (κ2) is 7.49. The van der Waals surface area contributed by atoms with E-state index in [2.05, 4.69) is 23.6 Å². The molecule has 2 amide bonds. The number of methoxy groups -OCH3 is 1. The van der Waals surface area contributed by atoms with Crippen LogP contribution in [0.3, 0.4) is 0 Å². The van der Waals surface area contributed by atoms with Crippen LogP contribution in [0.1, 0.15) is 44.2 Å². The van der Waals surface area contributed by atoms with Crippen molar-refractivity contribution >= 4 is 29.0 Å². The molecule has 0 fully saturated rings. The van der Waals surface area contributed by atoms with Crippen molar-refractivity contribution < 1.29 is 14.3 Å². The molecule has 0 aliphatic heterocycles. The predicted octanol–water partition coefficient (Wildman–Crippen LogP) is 4.34. The summed E-state index contributed by atoms with van der Waals surface area (Å²) in [7, 11) is 1.33. The second-order valence-electron chi connectivity index (χ2n) is 5.66. The molecule has 0 radical (unpaired) electrons. The molecule has 2 aromatic rings. The van der Waals surface area contributed by atoms with Crippen LogP contribution in [-0.2, 0) is 4.74 Å². The number of ether oxygens (including phenoxy) is 1. The number of urea groups is 1. The summed E-state index contributed by atoms with van der Waals surface area (Å²) in [5.74, 6) is -0.422. The lowest BCUT2D eigenvalue weighted by Gasteiger charge is -2.16. The van der Waals surface area contributed by atoms with E-state index >= 15 is 0 Å². The molecular weight excluding hydrogens is 324 g/mol. The molecule has 1 heterocycles.